The van der Waals surface area contributed by atoms with Crippen LogP contribution in [0, 0.1) is 11.7 Å². The van der Waals surface area contributed by atoms with Crippen LogP contribution in [0.1, 0.15) is 24.2 Å². The van der Waals surface area contributed by atoms with Crippen molar-refractivity contribution < 1.29 is 32.2 Å². The van der Waals surface area contributed by atoms with Gasteiger partial charge in [-0.1, -0.05) is 43.3 Å². The van der Waals surface area contributed by atoms with Gasteiger partial charge in [-0.2, -0.15) is 4.31 Å². The van der Waals surface area contributed by atoms with Gasteiger partial charge in [0.1, 0.15) is 17.7 Å². The number of carbonyl (C=O) groups excluding carboxylic acids is 2. The minimum atomic E-state index is -3.97. The summed E-state index contributed by atoms with van der Waals surface area (Å²) in [5, 5.41) is 17.4. The molecule has 3 N–H and O–H groups in total. The van der Waals surface area contributed by atoms with Crippen LogP contribution in [-0.2, 0) is 10.0 Å². The molecule has 0 aliphatic carbocycles. The highest BCUT2D eigenvalue weighted by molar-refractivity contribution is 7.89. The molecule has 4 aromatic rings. The molecule has 3 atom stereocenters. The minimum Gasteiger partial charge on any atom is -0.488 e. The van der Waals surface area contributed by atoms with Crippen molar-refractivity contribution in [2.45, 2.75) is 30.9 Å². The van der Waals surface area contributed by atoms with Crippen LogP contribution >= 0.6 is 0 Å². The maximum absolute atomic E-state index is 13.8. The maximum atomic E-state index is 13.8. The van der Waals surface area contributed by atoms with E-state index in [4.69, 9.17) is 4.74 Å². The standard InChI is InChI=1S/C33H35FN4O6S/c1-21-18-38(22(2)20-39)32(40)28-17-25(35-33(41)36-29-10-6-8-23-7-4-5-9-27(23)29)13-16-30(28)44-31(21)19-37(3)45(42,43)26-14-11-24(34)12-15-26/h4-17,21-22,31,39H,18-20H2,1-3H3,(H2,35,36,41)/t21-,22-,31+/m0/s1. The second kappa shape index (κ2) is 13.2. The molecule has 45 heavy (non-hydrogen) atoms. The zero-order valence-electron chi connectivity index (χ0n) is 25.1. The van der Waals surface area contributed by atoms with Crippen LogP contribution in [0.4, 0.5) is 20.6 Å². The second-order valence-corrected chi connectivity index (χ2v) is 13.2. The van der Waals surface area contributed by atoms with Crippen LogP contribution in [0.2, 0.25) is 0 Å². The predicted molar refractivity (Wildman–Crippen MR) is 170 cm³/mol. The van der Waals surface area contributed by atoms with Crippen molar-refractivity contribution in [3.05, 3.63) is 96.3 Å². The van der Waals surface area contributed by atoms with Gasteiger partial charge in [0.15, 0.2) is 0 Å². The molecule has 236 valence electrons. The van der Waals surface area contributed by atoms with Gasteiger partial charge in [0.2, 0.25) is 10.0 Å². The van der Waals surface area contributed by atoms with E-state index in [1.165, 1.54) is 30.1 Å². The van der Waals surface area contributed by atoms with E-state index in [9.17, 15) is 27.5 Å². The summed E-state index contributed by atoms with van der Waals surface area (Å²) in [6.45, 7) is 3.37. The first kappa shape index (κ1) is 31.9. The number of amides is 3. The van der Waals surface area contributed by atoms with Crippen molar-refractivity contribution >= 4 is 44.1 Å². The van der Waals surface area contributed by atoms with Gasteiger partial charge < -0.3 is 25.4 Å². The lowest BCUT2D eigenvalue weighted by Crippen LogP contribution is -2.50. The summed E-state index contributed by atoms with van der Waals surface area (Å²) in [6, 6.07) is 21.4. The summed E-state index contributed by atoms with van der Waals surface area (Å²) in [7, 11) is -2.56. The second-order valence-electron chi connectivity index (χ2n) is 11.2. The van der Waals surface area contributed by atoms with Gasteiger partial charge in [-0.15, -0.1) is 0 Å². The van der Waals surface area contributed by atoms with Gasteiger partial charge in [-0.05, 0) is 60.8 Å². The summed E-state index contributed by atoms with van der Waals surface area (Å²) >= 11 is 0. The van der Waals surface area contributed by atoms with Crippen molar-refractivity contribution in [2.24, 2.45) is 5.92 Å². The van der Waals surface area contributed by atoms with E-state index < -0.39 is 39.9 Å². The lowest BCUT2D eigenvalue weighted by molar-refractivity contribution is 0.0387. The van der Waals surface area contributed by atoms with E-state index in [0.29, 0.717) is 11.4 Å². The number of likely N-dealkylation sites (N-methyl/N-ethyl adjacent to an activating group) is 1. The normalized spacial score (nSPS) is 17.6. The number of carbonyl (C=O) groups is 2. The van der Waals surface area contributed by atoms with Crippen LogP contribution in [0.5, 0.6) is 5.75 Å². The first-order chi connectivity index (χ1) is 21.5. The number of nitrogens with one attached hydrogen (secondary N) is 2. The molecule has 0 saturated carbocycles. The third-order valence-corrected chi connectivity index (χ3v) is 9.76. The molecule has 1 heterocycles. The zero-order valence-corrected chi connectivity index (χ0v) is 25.9. The molecule has 0 unspecified atom stereocenters. The molecule has 12 heteroatoms. The van der Waals surface area contributed by atoms with Crippen LogP contribution in [0.15, 0.2) is 89.8 Å². The first-order valence-corrected chi connectivity index (χ1v) is 15.9. The van der Waals surface area contributed by atoms with Crippen molar-refractivity contribution in [2.75, 3.05) is 37.4 Å². The number of aliphatic hydroxyl groups excluding tert-OH is 1. The van der Waals surface area contributed by atoms with Crippen molar-refractivity contribution in [3.63, 3.8) is 0 Å². The van der Waals surface area contributed by atoms with Crippen LogP contribution in [0.3, 0.4) is 0 Å². The van der Waals surface area contributed by atoms with E-state index in [1.54, 1.807) is 25.1 Å². The Morgan fingerprint density at radius 3 is 2.51 bits per heavy atom. The average Bonchev–Trinajstić information content (AvgIpc) is 3.03. The number of sulfonamides is 1. The summed E-state index contributed by atoms with van der Waals surface area (Å²) in [6.07, 6.45) is -0.695. The Morgan fingerprint density at radius 2 is 1.78 bits per heavy atom. The molecule has 0 saturated heterocycles. The van der Waals surface area contributed by atoms with Gasteiger partial charge in [0.05, 0.1) is 35.3 Å². The van der Waals surface area contributed by atoms with Crippen LogP contribution < -0.4 is 15.4 Å². The van der Waals surface area contributed by atoms with Crippen molar-refractivity contribution in [3.8, 4) is 5.75 Å². The van der Waals surface area contributed by atoms with Crippen LogP contribution in [0.25, 0.3) is 10.8 Å². The maximum Gasteiger partial charge on any atom is 0.323 e. The van der Waals surface area contributed by atoms with Crippen molar-refractivity contribution in [1.29, 1.82) is 0 Å². The highest BCUT2D eigenvalue weighted by Gasteiger charge is 2.35. The Morgan fingerprint density at radius 1 is 1.07 bits per heavy atom. The molecule has 0 spiro atoms. The molecule has 1 aliphatic heterocycles. The molecule has 1 aliphatic rings. The number of halogens is 1. The molecule has 0 radical (unpaired) electrons. The SMILES string of the molecule is C[C@H]1CN([C@@H](C)CO)C(=O)c2cc(NC(=O)Nc3cccc4ccccc34)ccc2O[C@@H]1CN(C)S(=O)(=O)c1ccc(F)cc1. The first-order valence-electron chi connectivity index (χ1n) is 14.5. The van der Waals surface area contributed by atoms with Gasteiger partial charge in [-0.3, -0.25) is 4.79 Å². The molecular weight excluding hydrogens is 599 g/mol. The topological polar surface area (TPSA) is 128 Å². The highest BCUT2D eigenvalue weighted by atomic mass is 32.2. The monoisotopic (exact) mass is 634 g/mol. The Labute approximate surface area is 261 Å². The average molecular weight is 635 g/mol. The van der Waals surface area contributed by atoms with E-state index in [-0.39, 0.29) is 41.8 Å². The quantitative estimate of drug-likeness (QED) is 0.246. The third kappa shape index (κ3) is 6.93. The lowest BCUT2D eigenvalue weighted by atomic mass is 9.99. The Hall–Kier alpha value is -4.52. The summed E-state index contributed by atoms with van der Waals surface area (Å²) in [4.78, 5) is 28.2. The molecule has 4 aromatic carbocycles. The molecule has 0 fully saturated rings. The van der Waals surface area contributed by atoms with Crippen LogP contribution in [-0.4, -0.2) is 73.6 Å². The van der Waals surface area contributed by atoms with Gasteiger partial charge in [0, 0.05) is 30.6 Å². The van der Waals surface area contributed by atoms with E-state index in [1.807, 2.05) is 43.3 Å². The number of rotatable bonds is 8. The molecular formula is C33H35FN4O6S. The minimum absolute atomic E-state index is 0.0616. The fourth-order valence-electron chi connectivity index (χ4n) is 5.28. The Bertz CT molecular complexity index is 1810. The largest absolute Gasteiger partial charge is 0.488 e. The van der Waals surface area contributed by atoms with E-state index in [2.05, 4.69) is 10.6 Å². The lowest BCUT2D eigenvalue weighted by Gasteiger charge is -2.38. The fraction of sp³-hybridized carbons (Fsp3) is 0.273. The zero-order chi connectivity index (χ0) is 32.3. The Kier molecular flexibility index (Phi) is 9.37. The number of urea groups is 1. The molecule has 3 amide bonds. The van der Waals surface area contributed by atoms with Gasteiger partial charge >= 0.3 is 6.03 Å². The summed E-state index contributed by atoms with van der Waals surface area (Å²) in [5.74, 6) is -1.08. The van der Waals surface area contributed by atoms with E-state index in [0.717, 1.165) is 27.2 Å². The molecule has 0 bridgehead atoms. The number of benzene rings is 4. The number of anilines is 2. The number of aliphatic hydroxyl groups is 1. The predicted octanol–water partition coefficient (Wildman–Crippen LogP) is 5.16. The van der Waals surface area contributed by atoms with E-state index >= 15 is 0 Å². The number of hydrogen-bond donors (Lipinski definition) is 3. The summed E-state index contributed by atoms with van der Waals surface area (Å²) < 4.78 is 47.4. The third-order valence-electron chi connectivity index (χ3n) is 7.92. The molecule has 10 nitrogen and oxygen atoms in total. The Balaban J connectivity index is 1.41. The van der Waals surface area contributed by atoms with Gasteiger partial charge in [-0.25, -0.2) is 17.6 Å². The molecule has 5 rings (SSSR count). The molecule has 0 aromatic heterocycles. The van der Waals surface area contributed by atoms with Crippen molar-refractivity contribution in [1.82, 2.24) is 9.21 Å². The smallest absolute Gasteiger partial charge is 0.323 e. The number of nitrogens with zero attached hydrogens (tertiary/aromatic N) is 2. The summed E-state index contributed by atoms with van der Waals surface area (Å²) in [5.41, 5.74) is 1.11. The highest BCUT2D eigenvalue weighted by Crippen LogP contribution is 2.31. The fourth-order valence-corrected chi connectivity index (χ4v) is 6.46. The number of hydrogen-bond acceptors (Lipinski definition) is 6. The number of fused-ring (bicyclic) bond motifs is 2. The van der Waals surface area contributed by atoms with Gasteiger partial charge in [0.25, 0.3) is 5.91 Å². The number of ether oxygens (including phenoxy) is 1.